The molecule has 1 heterocycles. The third kappa shape index (κ3) is 2.79. The van der Waals surface area contributed by atoms with E-state index < -0.39 is 0 Å². The van der Waals surface area contributed by atoms with Crippen LogP contribution in [0.15, 0.2) is 18.3 Å². The standard InChI is InChI=1S/C13H20N4O/c1-17(2)12(18)10-4-5-11(15-8-10)16-9-13(14)6-3-7-13/h4-5,8H,3,6-7,9,14H2,1-2H3,(H,15,16). The van der Waals surface area contributed by atoms with Crippen LogP contribution >= 0.6 is 0 Å². The summed E-state index contributed by atoms with van der Waals surface area (Å²) in [5.74, 6) is 0.727. The van der Waals surface area contributed by atoms with Crippen molar-refractivity contribution in [2.24, 2.45) is 5.73 Å². The summed E-state index contributed by atoms with van der Waals surface area (Å²) in [5, 5.41) is 3.22. The van der Waals surface area contributed by atoms with E-state index in [0.717, 1.165) is 25.2 Å². The largest absolute Gasteiger partial charge is 0.368 e. The minimum absolute atomic E-state index is 0.0386. The Morgan fingerprint density at radius 3 is 2.67 bits per heavy atom. The maximum Gasteiger partial charge on any atom is 0.254 e. The van der Waals surface area contributed by atoms with Gasteiger partial charge < -0.3 is 16.0 Å². The fourth-order valence-electron chi connectivity index (χ4n) is 1.96. The van der Waals surface area contributed by atoms with Crippen molar-refractivity contribution in [1.82, 2.24) is 9.88 Å². The molecule has 0 spiro atoms. The van der Waals surface area contributed by atoms with Crippen molar-refractivity contribution in [2.45, 2.75) is 24.8 Å². The fraction of sp³-hybridized carbons (Fsp3) is 0.538. The Morgan fingerprint density at radius 2 is 2.22 bits per heavy atom. The lowest BCUT2D eigenvalue weighted by molar-refractivity contribution is 0.0827. The van der Waals surface area contributed by atoms with Crippen LogP contribution < -0.4 is 11.1 Å². The van der Waals surface area contributed by atoms with Crippen LogP contribution in [0.25, 0.3) is 0 Å². The summed E-state index contributed by atoms with van der Waals surface area (Å²) >= 11 is 0. The topological polar surface area (TPSA) is 71.2 Å². The molecule has 18 heavy (non-hydrogen) atoms. The van der Waals surface area contributed by atoms with Crippen LogP contribution in [0.5, 0.6) is 0 Å². The first-order chi connectivity index (χ1) is 8.50. The minimum atomic E-state index is -0.0696. The summed E-state index contributed by atoms with van der Waals surface area (Å²) in [4.78, 5) is 17.4. The molecule has 1 aliphatic carbocycles. The number of hydrogen-bond acceptors (Lipinski definition) is 4. The molecular weight excluding hydrogens is 228 g/mol. The molecule has 0 radical (unpaired) electrons. The highest BCUT2D eigenvalue weighted by Gasteiger charge is 2.32. The number of carbonyl (C=O) groups excluding carboxylic acids is 1. The monoisotopic (exact) mass is 248 g/mol. The predicted molar refractivity (Wildman–Crippen MR) is 71.5 cm³/mol. The number of aromatic nitrogens is 1. The zero-order valence-electron chi connectivity index (χ0n) is 10.9. The van der Waals surface area contributed by atoms with Crippen molar-refractivity contribution in [3.05, 3.63) is 23.9 Å². The Bertz CT molecular complexity index is 423. The highest BCUT2D eigenvalue weighted by molar-refractivity contribution is 5.93. The molecule has 1 saturated carbocycles. The van der Waals surface area contributed by atoms with E-state index >= 15 is 0 Å². The number of pyridine rings is 1. The molecular formula is C13H20N4O. The lowest BCUT2D eigenvalue weighted by Gasteiger charge is -2.38. The van der Waals surface area contributed by atoms with Gasteiger partial charge in [0.15, 0.2) is 0 Å². The summed E-state index contributed by atoms with van der Waals surface area (Å²) in [6.45, 7) is 0.737. The fourth-order valence-corrected chi connectivity index (χ4v) is 1.96. The van der Waals surface area contributed by atoms with E-state index in [-0.39, 0.29) is 11.4 Å². The van der Waals surface area contributed by atoms with Gasteiger partial charge in [-0.1, -0.05) is 0 Å². The van der Waals surface area contributed by atoms with E-state index in [1.807, 2.05) is 6.07 Å². The lowest BCUT2D eigenvalue weighted by atomic mass is 9.78. The van der Waals surface area contributed by atoms with Crippen molar-refractivity contribution in [3.8, 4) is 0 Å². The number of nitrogens with one attached hydrogen (secondary N) is 1. The molecule has 1 aromatic rings. The van der Waals surface area contributed by atoms with Crippen molar-refractivity contribution in [3.63, 3.8) is 0 Å². The van der Waals surface area contributed by atoms with E-state index in [9.17, 15) is 4.79 Å². The van der Waals surface area contributed by atoms with Crippen molar-refractivity contribution in [2.75, 3.05) is 26.0 Å². The van der Waals surface area contributed by atoms with E-state index in [2.05, 4.69) is 10.3 Å². The molecule has 2 rings (SSSR count). The number of rotatable bonds is 4. The van der Waals surface area contributed by atoms with Crippen molar-refractivity contribution in [1.29, 1.82) is 0 Å². The number of anilines is 1. The second-order valence-electron chi connectivity index (χ2n) is 5.20. The van der Waals surface area contributed by atoms with Gasteiger partial charge >= 0.3 is 0 Å². The Kier molecular flexibility index (Phi) is 3.52. The molecule has 5 heteroatoms. The van der Waals surface area contributed by atoms with Crippen LogP contribution in [0.1, 0.15) is 29.6 Å². The van der Waals surface area contributed by atoms with Gasteiger partial charge in [0.1, 0.15) is 5.82 Å². The average Bonchev–Trinajstić information content (AvgIpc) is 2.33. The Labute approximate surface area is 107 Å². The first-order valence-electron chi connectivity index (χ1n) is 6.21. The second kappa shape index (κ2) is 4.94. The molecule has 5 nitrogen and oxygen atoms in total. The van der Waals surface area contributed by atoms with Crippen LogP contribution in [0.2, 0.25) is 0 Å². The third-order valence-corrected chi connectivity index (χ3v) is 3.39. The number of hydrogen-bond donors (Lipinski definition) is 2. The Morgan fingerprint density at radius 1 is 1.50 bits per heavy atom. The van der Waals surface area contributed by atoms with Gasteiger partial charge in [-0.3, -0.25) is 4.79 Å². The smallest absolute Gasteiger partial charge is 0.254 e. The summed E-state index contributed by atoms with van der Waals surface area (Å²) in [6, 6.07) is 3.60. The van der Waals surface area contributed by atoms with Crippen molar-refractivity contribution < 1.29 is 4.79 Å². The first-order valence-corrected chi connectivity index (χ1v) is 6.21. The molecule has 1 aliphatic rings. The van der Waals surface area contributed by atoms with Crippen LogP contribution in [-0.4, -0.2) is 42.0 Å². The Hall–Kier alpha value is -1.62. The van der Waals surface area contributed by atoms with Gasteiger partial charge in [-0.05, 0) is 31.4 Å². The molecule has 1 amide bonds. The average molecular weight is 248 g/mol. The zero-order valence-corrected chi connectivity index (χ0v) is 10.9. The van der Waals surface area contributed by atoms with E-state index in [0.29, 0.717) is 5.56 Å². The number of nitrogens with zero attached hydrogens (tertiary/aromatic N) is 2. The molecule has 0 saturated heterocycles. The quantitative estimate of drug-likeness (QED) is 0.836. The number of carbonyl (C=O) groups is 1. The summed E-state index contributed by atoms with van der Waals surface area (Å²) in [5.41, 5.74) is 6.64. The van der Waals surface area contributed by atoms with E-state index in [1.54, 1.807) is 26.4 Å². The molecule has 0 bridgehead atoms. The molecule has 3 N–H and O–H groups in total. The SMILES string of the molecule is CN(C)C(=O)c1ccc(NCC2(N)CCC2)nc1. The van der Waals surface area contributed by atoms with Gasteiger partial charge in [0, 0.05) is 32.4 Å². The molecule has 0 aliphatic heterocycles. The molecule has 0 aromatic carbocycles. The Balaban J connectivity index is 1.93. The highest BCUT2D eigenvalue weighted by atomic mass is 16.2. The predicted octanol–water partition coefficient (Wildman–Crippen LogP) is 1.08. The molecule has 98 valence electrons. The maximum absolute atomic E-state index is 11.7. The maximum atomic E-state index is 11.7. The number of amides is 1. The molecule has 0 unspecified atom stereocenters. The van der Waals surface area contributed by atoms with Crippen molar-refractivity contribution >= 4 is 11.7 Å². The summed E-state index contributed by atoms with van der Waals surface area (Å²) in [7, 11) is 3.45. The van der Waals surface area contributed by atoms with Gasteiger partial charge in [0.2, 0.25) is 0 Å². The summed E-state index contributed by atoms with van der Waals surface area (Å²) < 4.78 is 0. The van der Waals surface area contributed by atoms with Gasteiger partial charge in [-0.2, -0.15) is 0 Å². The van der Waals surface area contributed by atoms with Gasteiger partial charge in [0.05, 0.1) is 5.56 Å². The second-order valence-corrected chi connectivity index (χ2v) is 5.20. The minimum Gasteiger partial charge on any atom is -0.368 e. The van der Waals surface area contributed by atoms with Gasteiger partial charge in [0.25, 0.3) is 5.91 Å². The van der Waals surface area contributed by atoms with Crippen LogP contribution in [0.3, 0.4) is 0 Å². The normalized spacial score (nSPS) is 16.8. The highest BCUT2D eigenvalue weighted by Crippen LogP contribution is 2.28. The molecule has 1 fully saturated rings. The van der Waals surface area contributed by atoms with Crippen LogP contribution in [0, 0.1) is 0 Å². The summed E-state index contributed by atoms with van der Waals surface area (Å²) in [6.07, 6.45) is 4.94. The molecule has 0 atom stereocenters. The van der Waals surface area contributed by atoms with Gasteiger partial charge in [-0.25, -0.2) is 4.98 Å². The first kappa shape index (κ1) is 12.8. The van der Waals surface area contributed by atoms with Crippen LogP contribution in [0.4, 0.5) is 5.82 Å². The van der Waals surface area contributed by atoms with Crippen LogP contribution in [-0.2, 0) is 0 Å². The van der Waals surface area contributed by atoms with Gasteiger partial charge in [-0.15, -0.1) is 0 Å². The third-order valence-electron chi connectivity index (χ3n) is 3.39. The number of nitrogens with two attached hydrogens (primary N) is 1. The molecule has 1 aromatic heterocycles. The van der Waals surface area contributed by atoms with E-state index in [1.165, 1.54) is 11.3 Å². The lowest BCUT2D eigenvalue weighted by Crippen LogP contribution is -2.52. The van der Waals surface area contributed by atoms with E-state index in [4.69, 9.17) is 5.73 Å². The zero-order chi connectivity index (χ0) is 13.2.